The van der Waals surface area contributed by atoms with E-state index in [2.05, 4.69) is 10.6 Å². The predicted molar refractivity (Wildman–Crippen MR) is 65.8 cm³/mol. The summed E-state index contributed by atoms with van der Waals surface area (Å²) in [5.74, 6) is 0.111. The average molecular weight is 244 g/mol. The molecule has 5 heteroatoms. The summed E-state index contributed by atoms with van der Waals surface area (Å²) < 4.78 is 5.12. The number of carbonyl (C=O) groups excluding carboxylic acids is 1. The molecule has 0 aromatic carbocycles. The van der Waals surface area contributed by atoms with Gasteiger partial charge in [0, 0.05) is 13.2 Å². The lowest BCUT2D eigenvalue weighted by atomic mass is 9.93. The Morgan fingerprint density at radius 2 is 2.35 bits per heavy atom. The maximum Gasteiger partial charge on any atom is 0.240 e. The van der Waals surface area contributed by atoms with Crippen LogP contribution in [-0.4, -0.2) is 49.5 Å². The number of rotatable bonds is 8. The summed E-state index contributed by atoms with van der Waals surface area (Å²) >= 11 is 0. The molecule has 1 heterocycles. The minimum atomic E-state index is -0.341. The summed E-state index contributed by atoms with van der Waals surface area (Å²) in [7, 11) is 0. The summed E-state index contributed by atoms with van der Waals surface area (Å²) in [6.07, 6.45) is 3.61. The molecule has 0 aromatic heterocycles. The molecule has 100 valence electrons. The van der Waals surface area contributed by atoms with Crippen molar-refractivity contribution in [3.63, 3.8) is 0 Å². The van der Waals surface area contributed by atoms with Gasteiger partial charge in [0.15, 0.2) is 0 Å². The molecule has 1 atom stereocenters. The van der Waals surface area contributed by atoms with Crippen molar-refractivity contribution in [2.45, 2.75) is 38.1 Å². The Balaban J connectivity index is 2.15. The lowest BCUT2D eigenvalue weighted by Crippen LogP contribution is -2.53. The number of hydrogen-bond acceptors (Lipinski definition) is 4. The van der Waals surface area contributed by atoms with E-state index < -0.39 is 0 Å². The smallest absolute Gasteiger partial charge is 0.240 e. The molecule has 3 N–H and O–H groups in total. The Kier molecular flexibility index (Phi) is 6.47. The first-order chi connectivity index (χ1) is 8.25. The van der Waals surface area contributed by atoms with Crippen molar-refractivity contribution in [3.8, 4) is 0 Å². The number of hydrogen-bond donors (Lipinski definition) is 3. The topological polar surface area (TPSA) is 70.6 Å². The van der Waals surface area contributed by atoms with Gasteiger partial charge in [-0.25, -0.2) is 0 Å². The second kappa shape index (κ2) is 7.63. The maximum atomic E-state index is 12.0. The molecule has 0 radical (unpaired) electrons. The van der Waals surface area contributed by atoms with E-state index >= 15 is 0 Å². The quantitative estimate of drug-likeness (QED) is 0.527. The van der Waals surface area contributed by atoms with E-state index in [0.29, 0.717) is 19.8 Å². The minimum absolute atomic E-state index is 0.0508. The predicted octanol–water partition coefficient (Wildman–Crippen LogP) is 0.0338. The molecule has 1 unspecified atom stereocenters. The van der Waals surface area contributed by atoms with Crippen LogP contribution in [0, 0.1) is 0 Å². The van der Waals surface area contributed by atoms with E-state index in [0.717, 1.165) is 32.2 Å². The highest BCUT2D eigenvalue weighted by Gasteiger charge is 2.38. The summed E-state index contributed by atoms with van der Waals surface area (Å²) in [6, 6.07) is 0. The normalized spacial score (nSPS) is 23.9. The Labute approximate surface area is 103 Å². The zero-order chi connectivity index (χ0) is 12.6. The minimum Gasteiger partial charge on any atom is -0.394 e. The van der Waals surface area contributed by atoms with Crippen LogP contribution in [0.5, 0.6) is 0 Å². The fourth-order valence-corrected chi connectivity index (χ4v) is 2.17. The van der Waals surface area contributed by atoms with Gasteiger partial charge < -0.3 is 20.5 Å². The number of aliphatic hydroxyl groups excluding tert-OH is 1. The molecule has 1 aliphatic rings. The Morgan fingerprint density at radius 1 is 1.53 bits per heavy atom. The lowest BCUT2D eigenvalue weighted by molar-refractivity contribution is -0.127. The van der Waals surface area contributed by atoms with E-state index in [1.165, 1.54) is 0 Å². The number of ether oxygens (including phenoxy) is 1. The molecule has 1 fully saturated rings. The molecular weight excluding hydrogens is 220 g/mol. The summed E-state index contributed by atoms with van der Waals surface area (Å²) in [5, 5.41) is 14.8. The third-order valence-corrected chi connectivity index (χ3v) is 3.27. The van der Waals surface area contributed by atoms with E-state index in [-0.39, 0.29) is 18.1 Å². The highest BCUT2D eigenvalue weighted by Crippen LogP contribution is 2.22. The molecule has 0 saturated carbocycles. The number of aliphatic hydroxyl groups is 1. The van der Waals surface area contributed by atoms with Crippen LogP contribution in [0.1, 0.15) is 32.6 Å². The van der Waals surface area contributed by atoms with Crippen molar-refractivity contribution in [3.05, 3.63) is 0 Å². The van der Waals surface area contributed by atoms with Gasteiger partial charge in [-0.3, -0.25) is 4.79 Å². The molecular formula is C12H24N2O3. The third kappa shape index (κ3) is 4.26. The van der Waals surface area contributed by atoms with Crippen LogP contribution in [0.25, 0.3) is 0 Å². The molecule has 0 bridgehead atoms. The van der Waals surface area contributed by atoms with Gasteiger partial charge in [0.25, 0.3) is 0 Å². The average Bonchev–Trinajstić information content (AvgIpc) is 2.83. The van der Waals surface area contributed by atoms with Gasteiger partial charge in [0.1, 0.15) is 0 Å². The zero-order valence-electron chi connectivity index (χ0n) is 10.6. The molecule has 1 saturated heterocycles. The summed E-state index contributed by atoms with van der Waals surface area (Å²) in [6.45, 7) is 4.61. The number of carbonyl (C=O) groups is 1. The van der Waals surface area contributed by atoms with E-state index in [1.54, 1.807) is 0 Å². The first-order valence-corrected chi connectivity index (χ1v) is 6.47. The van der Waals surface area contributed by atoms with Gasteiger partial charge in [-0.2, -0.15) is 0 Å². The fourth-order valence-electron chi connectivity index (χ4n) is 2.17. The van der Waals surface area contributed by atoms with Crippen molar-refractivity contribution < 1.29 is 14.6 Å². The van der Waals surface area contributed by atoms with E-state index in [4.69, 9.17) is 9.84 Å². The van der Waals surface area contributed by atoms with Gasteiger partial charge in [0.05, 0.1) is 18.8 Å². The Bertz CT molecular complexity index is 228. The highest BCUT2D eigenvalue weighted by atomic mass is 16.5. The molecule has 1 amide bonds. The zero-order valence-corrected chi connectivity index (χ0v) is 10.6. The second-order valence-electron chi connectivity index (χ2n) is 4.41. The van der Waals surface area contributed by atoms with E-state index in [1.807, 2.05) is 6.92 Å². The lowest BCUT2D eigenvalue weighted by Gasteiger charge is -2.26. The van der Waals surface area contributed by atoms with Gasteiger partial charge in [-0.05, 0) is 32.2 Å². The standard InChI is InChI=1S/C12H24N2O3/c1-2-12(5-3-7-14-12)11(16)13-6-4-9-17-10-8-15/h14-15H,2-10H2,1H3,(H,13,16). The molecule has 0 spiro atoms. The van der Waals surface area contributed by atoms with Crippen LogP contribution in [0.15, 0.2) is 0 Å². The SMILES string of the molecule is CCC1(C(=O)NCCCOCCO)CCCN1. The Morgan fingerprint density at radius 3 is 2.94 bits per heavy atom. The van der Waals surface area contributed by atoms with Crippen molar-refractivity contribution >= 4 is 5.91 Å². The van der Waals surface area contributed by atoms with Crippen LogP contribution in [0.3, 0.4) is 0 Å². The fraction of sp³-hybridized carbons (Fsp3) is 0.917. The van der Waals surface area contributed by atoms with Crippen LogP contribution in [0.2, 0.25) is 0 Å². The van der Waals surface area contributed by atoms with Gasteiger partial charge in [-0.1, -0.05) is 6.92 Å². The highest BCUT2D eigenvalue weighted by molar-refractivity contribution is 5.86. The van der Waals surface area contributed by atoms with Gasteiger partial charge in [0.2, 0.25) is 5.91 Å². The second-order valence-corrected chi connectivity index (χ2v) is 4.41. The molecule has 1 rings (SSSR count). The largest absolute Gasteiger partial charge is 0.394 e. The molecule has 17 heavy (non-hydrogen) atoms. The van der Waals surface area contributed by atoms with Crippen LogP contribution in [0.4, 0.5) is 0 Å². The molecule has 5 nitrogen and oxygen atoms in total. The van der Waals surface area contributed by atoms with Crippen molar-refractivity contribution in [1.82, 2.24) is 10.6 Å². The van der Waals surface area contributed by atoms with Crippen LogP contribution < -0.4 is 10.6 Å². The number of amides is 1. The van der Waals surface area contributed by atoms with Gasteiger partial charge >= 0.3 is 0 Å². The summed E-state index contributed by atoms with van der Waals surface area (Å²) in [4.78, 5) is 12.0. The molecule has 1 aliphatic heterocycles. The van der Waals surface area contributed by atoms with Crippen molar-refractivity contribution in [2.75, 3.05) is 32.9 Å². The monoisotopic (exact) mass is 244 g/mol. The first kappa shape index (κ1) is 14.4. The summed E-state index contributed by atoms with van der Waals surface area (Å²) in [5.41, 5.74) is -0.341. The van der Waals surface area contributed by atoms with E-state index in [9.17, 15) is 4.79 Å². The maximum absolute atomic E-state index is 12.0. The molecule has 0 aliphatic carbocycles. The van der Waals surface area contributed by atoms with Crippen LogP contribution >= 0.6 is 0 Å². The van der Waals surface area contributed by atoms with Crippen LogP contribution in [-0.2, 0) is 9.53 Å². The Hall–Kier alpha value is -0.650. The first-order valence-electron chi connectivity index (χ1n) is 6.47. The molecule has 0 aromatic rings. The van der Waals surface area contributed by atoms with Gasteiger partial charge in [-0.15, -0.1) is 0 Å². The number of nitrogens with one attached hydrogen (secondary N) is 2. The van der Waals surface area contributed by atoms with Crippen molar-refractivity contribution in [1.29, 1.82) is 0 Å². The van der Waals surface area contributed by atoms with Crippen molar-refractivity contribution in [2.24, 2.45) is 0 Å². The third-order valence-electron chi connectivity index (χ3n) is 3.27.